The highest BCUT2D eigenvalue weighted by Gasteiger charge is 2.40. The highest BCUT2D eigenvalue weighted by molar-refractivity contribution is 5.35. The molecule has 0 aliphatic carbocycles. The fraction of sp³-hybridized carbons (Fsp3) is 0.300. The fourth-order valence-electron chi connectivity index (χ4n) is 1.37. The average Bonchev–Trinajstić information content (AvgIpc) is 2.07. The molecule has 66 valence electrons. The number of hydrogen-bond acceptors (Lipinski definition) is 2. The van der Waals surface area contributed by atoms with E-state index >= 15 is 0 Å². The molecule has 2 rings (SSSR count). The molecule has 1 aromatic carbocycles. The van der Waals surface area contributed by atoms with Crippen molar-refractivity contribution < 1.29 is 9.13 Å². The quantitative estimate of drug-likeness (QED) is 0.653. The molecule has 0 spiro atoms. The van der Waals surface area contributed by atoms with Crippen molar-refractivity contribution in [1.82, 2.24) is 0 Å². The Balaban J connectivity index is 2.35. The maximum Gasteiger partial charge on any atom is 0.129 e. The molecule has 0 radical (unpaired) electrons. The summed E-state index contributed by atoms with van der Waals surface area (Å²) >= 11 is 0. The summed E-state index contributed by atoms with van der Waals surface area (Å²) in [6.45, 7) is 0.824. The lowest BCUT2D eigenvalue weighted by Gasteiger charge is -2.35. The first-order valence-electron chi connectivity index (χ1n) is 4.02. The van der Waals surface area contributed by atoms with Gasteiger partial charge in [-0.1, -0.05) is 12.1 Å². The Bertz CT molecular complexity index is 348. The molecule has 2 nitrogen and oxygen atoms in total. The van der Waals surface area contributed by atoms with Crippen LogP contribution in [0, 0.1) is 17.1 Å². The molecule has 0 atom stereocenters. The van der Waals surface area contributed by atoms with Gasteiger partial charge >= 0.3 is 0 Å². The average molecular weight is 177 g/mol. The Hall–Kier alpha value is -1.40. The Morgan fingerprint density at radius 2 is 1.92 bits per heavy atom. The third-order valence-corrected chi connectivity index (χ3v) is 2.31. The SMILES string of the molecule is N#CC1(c2ccc(F)cc2)COC1. The van der Waals surface area contributed by atoms with Crippen LogP contribution in [-0.2, 0) is 10.2 Å². The van der Waals surface area contributed by atoms with E-state index in [1.54, 1.807) is 12.1 Å². The van der Waals surface area contributed by atoms with Crippen LogP contribution < -0.4 is 0 Å². The first kappa shape index (κ1) is 8.21. The highest BCUT2D eigenvalue weighted by Crippen LogP contribution is 2.31. The minimum absolute atomic E-state index is 0.280. The van der Waals surface area contributed by atoms with Gasteiger partial charge in [0, 0.05) is 0 Å². The number of nitrogens with zero attached hydrogens (tertiary/aromatic N) is 1. The summed E-state index contributed by atoms with van der Waals surface area (Å²) in [5, 5.41) is 8.94. The third kappa shape index (κ3) is 1.20. The van der Waals surface area contributed by atoms with Crippen molar-refractivity contribution in [1.29, 1.82) is 5.26 Å². The highest BCUT2D eigenvalue weighted by atomic mass is 19.1. The van der Waals surface area contributed by atoms with Gasteiger partial charge in [0.05, 0.1) is 19.3 Å². The summed E-state index contributed by atoms with van der Waals surface area (Å²) in [5.74, 6) is -0.280. The van der Waals surface area contributed by atoms with Crippen molar-refractivity contribution >= 4 is 0 Å². The largest absolute Gasteiger partial charge is 0.377 e. The molecule has 1 saturated heterocycles. The van der Waals surface area contributed by atoms with E-state index in [-0.39, 0.29) is 5.82 Å². The van der Waals surface area contributed by atoms with Crippen LogP contribution in [0.4, 0.5) is 4.39 Å². The molecule has 3 heteroatoms. The van der Waals surface area contributed by atoms with Crippen molar-refractivity contribution in [2.45, 2.75) is 5.41 Å². The number of halogens is 1. The van der Waals surface area contributed by atoms with Crippen molar-refractivity contribution in [3.63, 3.8) is 0 Å². The van der Waals surface area contributed by atoms with Gasteiger partial charge in [-0.2, -0.15) is 5.26 Å². The fourth-order valence-corrected chi connectivity index (χ4v) is 1.37. The van der Waals surface area contributed by atoms with Crippen LogP contribution in [-0.4, -0.2) is 13.2 Å². The summed E-state index contributed by atoms with van der Waals surface area (Å²) in [7, 11) is 0. The second-order valence-electron chi connectivity index (χ2n) is 3.19. The first-order chi connectivity index (χ1) is 6.27. The van der Waals surface area contributed by atoms with Crippen LogP contribution >= 0.6 is 0 Å². The van der Waals surface area contributed by atoms with Gasteiger partial charge in [-0.05, 0) is 17.7 Å². The first-order valence-corrected chi connectivity index (χ1v) is 4.02. The smallest absolute Gasteiger partial charge is 0.129 e. The van der Waals surface area contributed by atoms with Gasteiger partial charge in [0.1, 0.15) is 11.2 Å². The van der Waals surface area contributed by atoms with E-state index < -0.39 is 5.41 Å². The van der Waals surface area contributed by atoms with Crippen LogP contribution in [0.2, 0.25) is 0 Å². The zero-order chi connectivity index (χ0) is 9.31. The normalized spacial score (nSPS) is 18.8. The molecule has 0 aromatic heterocycles. The summed E-state index contributed by atoms with van der Waals surface area (Å²) in [5.41, 5.74) is 0.302. The second kappa shape index (κ2) is 2.82. The Morgan fingerprint density at radius 3 is 2.31 bits per heavy atom. The Morgan fingerprint density at radius 1 is 1.31 bits per heavy atom. The van der Waals surface area contributed by atoms with E-state index in [1.165, 1.54) is 12.1 Å². The summed E-state index contributed by atoms with van der Waals surface area (Å²) < 4.78 is 17.6. The molecule has 1 fully saturated rings. The van der Waals surface area contributed by atoms with Crippen molar-refractivity contribution in [3.05, 3.63) is 35.6 Å². The summed E-state index contributed by atoms with van der Waals surface area (Å²) in [6.07, 6.45) is 0. The van der Waals surface area contributed by atoms with Gasteiger partial charge in [0.25, 0.3) is 0 Å². The van der Waals surface area contributed by atoms with Crippen LogP contribution in [0.1, 0.15) is 5.56 Å². The maximum atomic E-state index is 12.6. The molecule has 1 aromatic rings. The maximum absolute atomic E-state index is 12.6. The number of rotatable bonds is 1. The van der Waals surface area contributed by atoms with E-state index in [0.29, 0.717) is 13.2 Å². The molecular weight excluding hydrogens is 169 g/mol. The predicted octanol–water partition coefficient (Wildman–Crippen LogP) is 1.62. The van der Waals surface area contributed by atoms with Gasteiger partial charge in [0.15, 0.2) is 0 Å². The lowest BCUT2D eigenvalue weighted by atomic mass is 9.80. The molecule has 0 saturated carbocycles. The molecule has 13 heavy (non-hydrogen) atoms. The molecule has 0 amide bonds. The second-order valence-corrected chi connectivity index (χ2v) is 3.19. The molecule has 1 heterocycles. The van der Waals surface area contributed by atoms with Gasteiger partial charge in [-0.3, -0.25) is 0 Å². The Kier molecular flexibility index (Phi) is 1.78. The van der Waals surface area contributed by atoms with Crippen LogP contribution in [0.3, 0.4) is 0 Å². The zero-order valence-electron chi connectivity index (χ0n) is 6.96. The van der Waals surface area contributed by atoms with E-state index in [2.05, 4.69) is 6.07 Å². The van der Waals surface area contributed by atoms with Crippen LogP contribution in [0.25, 0.3) is 0 Å². The van der Waals surface area contributed by atoms with E-state index in [0.717, 1.165) is 5.56 Å². The molecule has 0 N–H and O–H groups in total. The lowest BCUT2D eigenvalue weighted by molar-refractivity contribution is -0.0298. The topological polar surface area (TPSA) is 33.0 Å². The number of hydrogen-bond donors (Lipinski definition) is 0. The van der Waals surface area contributed by atoms with Gasteiger partial charge in [-0.15, -0.1) is 0 Å². The molecule has 0 bridgehead atoms. The Labute approximate surface area is 75.6 Å². The molecule has 1 aliphatic heterocycles. The van der Waals surface area contributed by atoms with Crippen molar-refractivity contribution in [3.8, 4) is 6.07 Å². The van der Waals surface area contributed by atoms with E-state index in [9.17, 15) is 4.39 Å². The monoisotopic (exact) mass is 177 g/mol. The number of ether oxygens (including phenoxy) is 1. The van der Waals surface area contributed by atoms with Crippen LogP contribution in [0.15, 0.2) is 24.3 Å². The van der Waals surface area contributed by atoms with Gasteiger partial charge in [0.2, 0.25) is 0 Å². The zero-order valence-corrected chi connectivity index (χ0v) is 6.96. The minimum atomic E-state index is -0.534. The van der Waals surface area contributed by atoms with Gasteiger partial charge < -0.3 is 4.74 Å². The third-order valence-electron chi connectivity index (χ3n) is 2.31. The van der Waals surface area contributed by atoms with Gasteiger partial charge in [-0.25, -0.2) is 4.39 Å². The molecular formula is C10H8FNO. The van der Waals surface area contributed by atoms with Crippen molar-refractivity contribution in [2.24, 2.45) is 0 Å². The van der Waals surface area contributed by atoms with Crippen LogP contribution in [0.5, 0.6) is 0 Å². The summed E-state index contributed by atoms with van der Waals surface area (Å²) in [6, 6.07) is 8.22. The standard InChI is InChI=1S/C10H8FNO/c11-9-3-1-8(2-4-9)10(5-12)6-13-7-10/h1-4H,6-7H2. The van der Waals surface area contributed by atoms with E-state index in [4.69, 9.17) is 10.00 Å². The number of benzene rings is 1. The minimum Gasteiger partial charge on any atom is -0.377 e. The van der Waals surface area contributed by atoms with E-state index in [1.807, 2.05) is 0 Å². The lowest BCUT2D eigenvalue weighted by Crippen LogP contribution is -2.45. The molecule has 0 unspecified atom stereocenters. The predicted molar refractivity (Wildman–Crippen MR) is 44.5 cm³/mol. The van der Waals surface area contributed by atoms with Crippen molar-refractivity contribution in [2.75, 3.05) is 13.2 Å². The summed E-state index contributed by atoms with van der Waals surface area (Å²) in [4.78, 5) is 0. The molecule has 1 aliphatic rings. The number of nitriles is 1.